The number of hydrogen-bond acceptors (Lipinski definition) is 2. The third kappa shape index (κ3) is 3.86. The van der Waals surface area contributed by atoms with Gasteiger partial charge in [0, 0.05) is 16.6 Å². The smallest absolute Gasteiger partial charge is 0.0452 e. The first-order chi connectivity index (χ1) is 8.69. The van der Waals surface area contributed by atoms with E-state index in [1.54, 1.807) is 0 Å². The predicted molar refractivity (Wildman–Crippen MR) is 78.1 cm³/mol. The number of likely N-dealkylation sites (tertiary alicyclic amines) is 1. The van der Waals surface area contributed by atoms with Crippen molar-refractivity contribution in [1.29, 1.82) is 0 Å². The molecule has 0 radical (unpaired) electrons. The Balaban J connectivity index is 1.89. The van der Waals surface area contributed by atoms with E-state index in [9.17, 15) is 0 Å². The molecule has 100 valence electrons. The lowest BCUT2D eigenvalue weighted by atomic mass is 9.93. The molecule has 0 aliphatic carbocycles. The minimum absolute atomic E-state index is 0.757. The van der Waals surface area contributed by atoms with Crippen LogP contribution in [0.3, 0.4) is 0 Å². The van der Waals surface area contributed by atoms with E-state index < -0.39 is 0 Å². The fourth-order valence-corrected chi connectivity index (χ4v) is 2.95. The van der Waals surface area contributed by atoms with E-state index in [4.69, 9.17) is 28.9 Å². The molecule has 0 saturated carbocycles. The van der Waals surface area contributed by atoms with Crippen LogP contribution in [0.25, 0.3) is 0 Å². The van der Waals surface area contributed by atoms with Crippen molar-refractivity contribution < 1.29 is 0 Å². The van der Waals surface area contributed by atoms with E-state index in [-0.39, 0.29) is 0 Å². The molecule has 1 fully saturated rings. The zero-order valence-corrected chi connectivity index (χ0v) is 12.1. The zero-order chi connectivity index (χ0) is 13.0. The predicted octanol–water partition coefficient (Wildman–Crippen LogP) is 3.55. The maximum atomic E-state index is 6.19. The van der Waals surface area contributed by atoms with Crippen LogP contribution in [0.1, 0.15) is 24.8 Å². The third-order valence-electron chi connectivity index (χ3n) is 3.68. The van der Waals surface area contributed by atoms with Gasteiger partial charge in [0.05, 0.1) is 0 Å². The summed E-state index contributed by atoms with van der Waals surface area (Å²) in [6, 6.07) is 5.68. The van der Waals surface area contributed by atoms with Crippen molar-refractivity contribution in [1.82, 2.24) is 4.90 Å². The minimum atomic E-state index is 0.757. The van der Waals surface area contributed by atoms with Crippen LogP contribution in [-0.2, 0) is 6.54 Å². The van der Waals surface area contributed by atoms with Crippen molar-refractivity contribution in [3.8, 4) is 0 Å². The Morgan fingerprint density at radius 2 is 1.94 bits per heavy atom. The molecule has 0 spiro atoms. The van der Waals surface area contributed by atoms with E-state index in [0.717, 1.165) is 54.1 Å². The molecular weight excluding hydrogens is 267 g/mol. The molecule has 1 heterocycles. The molecule has 18 heavy (non-hydrogen) atoms. The molecule has 0 bridgehead atoms. The highest BCUT2D eigenvalue weighted by atomic mass is 35.5. The lowest BCUT2D eigenvalue weighted by Gasteiger charge is -2.32. The van der Waals surface area contributed by atoms with E-state index in [0.29, 0.717) is 0 Å². The van der Waals surface area contributed by atoms with Crippen LogP contribution in [0.4, 0.5) is 0 Å². The van der Waals surface area contributed by atoms with Crippen molar-refractivity contribution in [2.24, 2.45) is 11.7 Å². The number of benzene rings is 1. The van der Waals surface area contributed by atoms with E-state index in [1.165, 1.54) is 12.8 Å². The zero-order valence-electron chi connectivity index (χ0n) is 10.5. The summed E-state index contributed by atoms with van der Waals surface area (Å²) in [6.45, 7) is 3.97. The quantitative estimate of drug-likeness (QED) is 0.917. The second kappa shape index (κ2) is 6.76. The maximum Gasteiger partial charge on any atom is 0.0452 e. The molecule has 1 saturated heterocycles. The van der Waals surface area contributed by atoms with Gasteiger partial charge in [-0.1, -0.05) is 23.2 Å². The average Bonchev–Trinajstić information content (AvgIpc) is 2.37. The van der Waals surface area contributed by atoms with Gasteiger partial charge < -0.3 is 5.73 Å². The lowest BCUT2D eigenvalue weighted by molar-refractivity contribution is 0.173. The Morgan fingerprint density at radius 1 is 1.22 bits per heavy atom. The molecule has 1 aromatic carbocycles. The first-order valence-corrected chi connectivity index (χ1v) is 7.31. The molecular formula is C14H20Cl2N2. The number of hydrogen-bond donors (Lipinski definition) is 1. The second-order valence-corrected chi connectivity index (χ2v) is 5.88. The minimum Gasteiger partial charge on any atom is -0.330 e. The van der Waals surface area contributed by atoms with Gasteiger partial charge in [0.2, 0.25) is 0 Å². The molecule has 2 nitrogen and oxygen atoms in total. The summed E-state index contributed by atoms with van der Waals surface area (Å²) in [5, 5.41) is 1.57. The molecule has 0 atom stereocenters. The van der Waals surface area contributed by atoms with Gasteiger partial charge >= 0.3 is 0 Å². The van der Waals surface area contributed by atoms with Crippen LogP contribution in [-0.4, -0.2) is 24.5 Å². The van der Waals surface area contributed by atoms with Crippen LogP contribution < -0.4 is 5.73 Å². The summed E-state index contributed by atoms with van der Waals surface area (Å²) in [7, 11) is 0. The molecule has 1 aliphatic rings. The molecule has 2 N–H and O–H groups in total. The van der Waals surface area contributed by atoms with Crippen LogP contribution in [0.5, 0.6) is 0 Å². The van der Waals surface area contributed by atoms with Gasteiger partial charge in [-0.15, -0.1) is 0 Å². The topological polar surface area (TPSA) is 29.3 Å². The normalized spacial score (nSPS) is 18.2. The van der Waals surface area contributed by atoms with Crippen molar-refractivity contribution in [2.45, 2.75) is 25.8 Å². The van der Waals surface area contributed by atoms with Gasteiger partial charge in [-0.25, -0.2) is 0 Å². The fraction of sp³-hybridized carbons (Fsp3) is 0.571. The summed E-state index contributed by atoms with van der Waals surface area (Å²) >= 11 is 12.2. The Kier molecular flexibility index (Phi) is 5.31. The summed E-state index contributed by atoms with van der Waals surface area (Å²) < 4.78 is 0. The van der Waals surface area contributed by atoms with Crippen LogP contribution in [0.2, 0.25) is 10.0 Å². The SMILES string of the molecule is NCCC1CCN(Cc2cc(Cl)ccc2Cl)CC1. The van der Waals surface area contributed by atoms with E-state index in [2.05, 4.69) is 4.90 Å². The Bertz CT molecular complexity index is 387. The van der Waals surface area contributed by atoms with E-state index >= 15 is 0 Å². The van der Waals surface area contributed by atoms with Gasteiger partial charge in [-0.3, -0.25) is 4.90 Å². The van der Waals surface area contributed by atoms with Crippen LogP contribution in [0, 0.1) is 5.92 Å². The molecule has 4 heteroatoms. The largest absolute Gasteiger partial charge is 0.330 e. The third-order valence-corrected chi connectivity index (χ3v) is 4.29. The summed E-state index contributed by atoms with van der Waals surface area (Å²) in [5.41, 5.74) is 6.73. The Labute approximate surface area is 119 Å². The number of nitrogens with zero attached hydrogens (tertiary/aromatic N) is 1. The highest BCUT2D eigenvalue weighted by Gasteiger charge is 2.19. The average molecular weight is 287 g/mol. The monoisotopic (exact) mass is 286 g/mol. The van der Waals surface area contributed by atoms with E-state index in [1.807, 2.05) is 18.2 Å². The van der Waals surface area contributed by atoms with Crippen molar-refractivity contribution >= 4 is 23.2 Å². The summed E-state index contributed by atoms with van der Waals surface area (Å²) in [6.07, 6.45) is 3.65. The lowest BCUT2D eigenvalue weighted by Crippen LogP contribution is -2.33. The second-order valence-electron chi connectivity index (χ2n) is 5.03. The van der Waals surface area contributed by atoms with Gasteiger partial charge in [0.15, 0.2) is 0 Å². The number of halogens is 2. The molecule has 2 rings (SSSR count). The van der Waals surface area contributed by atoms with Crippen LogP contribution in [0.15, 0.2) is 18.2 Å². The number of piperidine rings is 1. The van der Waals surface area contributed by atoms with Gasteiger partial charge in [0.1, 0.15) is 0 Å². The molecule has 1 aromatic rings. The first kappa shape index (κ1) is 14.1. The number of nitrogens with two attached hydrogens (primary N) is 1. The Morgan fingerprint density at radius 3 is 2.61 bits per heavy atom. The van der Waals surface area contributed by atoms with Gasteiger partial charge in [-0.2, -0.15) is 0 Å². The van der Waals surface area contributed by atoms with Crippen molar-refractivity contribution in [3.63, 3.8) is 0 Å². The Hall–Kier alpha value is -0.280. The molecule has 0 amide bonds. The maximum absolute atomic E-state index is 6.19. The highest BCUT2D eigenvalue weighted by Crippen LogP contribution is 2.25. The van der Waals surface area contributed by atoms with Crippen LogP contribution >= 0.6 is 23.2 Å². The summed E-state index contributed by atoms with van der Waals surface area (Å²) in [4.78, 5) is 2.45. The number of rotatable bonds is 4. The van der Waals surface area contributed by atoms with Crippen molar-refractivity contribution in [3.05, 3.63) is 33.8 Å². The van der Waals surface area contributed by atoms with Gasteiger partial charge in [0.25, 0.3) is 0 Å². The molecule has 0 aromatic heterocycles. The fourth-order valence-electron chi connectivity index (χ4n) is 2.57. The van der Waals surface area contributed by atoms with Gasteiger partial charge in [-0.05, 0) is 68.6 Å². The molecule has 1 aliphatic heterocycles. The molecule has 0 unspecified atom stereocenters. The standard InChI is InChI=1S/C14H20Cl2N2/c15-13-1-2-14(16)12(9-13)10-18-7-4-11(3-6-17)5-8-18/h1-2,9,11H,3-8,10,17H2. The summed E-state index contributed by atoms with van der Waals surface area (Å²) in [5.74, 6) is 0.807. The van der Waals surface area contributed by atoms with Crippen molar-refractivity contribution in [2.75, 3.05) is 19.6 Å². The highest BCUT2D eigenvalue weighted by molar-refractivity contribution is 6.33. The first-order valence-electron chi connectivity index (χ1n) is 6.55.